The lowest BCUT2D eigenvalue weighted by Gasteiger charge is -2.12. The number of benzene rings is 1. The Balaban J connectivity index is 1.63. The Morgan fingerprint density at radius 1 is 1.11 bits per heavy atom. The second kappa shape index (κ2) is 8.53. The van der Waals surface area contributed by atoms with Gasteiger partial charge in [0.15, 0.2) is 11.5 Å². The van der Waals surface area contributed by atoms with Crippen LogP contribution < -0.4 is 19.5 Å². The summed E-state index contributed by atoms with van der Waals surface area (Å²) >= 11 is 0. The Labute approximate surface area is 158 Å². The van der Waals surface area contributed by atoms with Crippen molar-refractivity contribution in [3.8, 4) is 17.2 Å². The van der Waals surface area contributed by atoms with E-state index in [2.05, 4.69) is 15.3 Å². The quantitative estimate of drug-likeness (QED) is 0.721. The molecule has 1 heterocycles. The molecule has 27 heavy (non-hydrogen) atoms. The summed E-state index contributed by atoms with van der Waals surface area (Å²) in [5.74, 6) is 1.92. The fourth-order valence-electron chi connectivity index (χ4n) is 2.72. The first-order valence-corrected chi connectivity index (χ1v) is 8.71. The van der Waals surface area contributed by atoms with Crippen molar-refractivity contribution in [3.05, 3.63) is 47.6 Å². The normalized spacial score (nSPS) is 13.4. The molecule has 0 radical (unpaired) electrons. The Morgan fingerprint density at radius 3 is 2.41 bits per heavy atom. The predicted octanol–water partition coefficient (Wildman–Crippen LogP) is 2.71. The largest absolute Gasteiger partial charge is 0.493 e. The first kappa shape index (κ1) is 18.7. The number of methoxy groups -OCH3 is 3. The van der Waals surface area contributed by atoms with Gasteiger partial charge in [0, 0.05) is 17.7 Å². The molecular formula is C20H23N3O4. The van der Waals surface area contributed by atoms with E-state index in [9.17, 15) is 4.79 Å². The first-order valence-electron chi connectivity index (χ1n) is 8.71. The van der Waals surface area contributed by atoms with Crippen LogP contribution in [0.15, 0.2) is 30.6 Å². The lowest BCUT2D eigenvalue weighted by molar-refractivity contribution is -0.116. The van der Waals surface area contributed by atoms with E-state index in [0.29, 0.717) is 29.7 Å². The minimum atomic E-state index is -0.213. The zero-order valence-electron chi connectivity index (χ0n) is 15.7. The van der Waals surface area contributed by atoms with E-state index in [1.807, 2.05) is 6.07 Å². The van der Waals surface area contributed by atoms with Crippen LogP contribution in [0, 0.1) is 0 Å². The smallest absolute Gasteiger partial charge is 0.244 e. The van der Waals surface area contributed by atoms with Crippen LogP contribution in [0.3, 0.4) is 0 Å². The number of ether oxygens (including phenoxy) is 3. The highest BCUT2D eigenvalue weighted by molar-refractivity contribution is 5.91. The van der Waals surface area contributed by atoms with Crippen LogP contribution in [0.25, 0.3) is 6.08 Å². The van der Waals surface area contributed by atoms with E-state index < -0.39 is 0 Å². The van der Waals surface area contributed by atoms with Crippen molar-refractivity contribution in [2.75, 3.05) is 21.3 Å². The van der Waals surface area contributed by atoms with Gasteiger partial charge in [-0.3, -0.25) is 4.79 Å². The summed E-state index contributed by atoms with van der Waals surface area (Å²) in [6.07, 6.45) is 7.07. The Bertz CT molecular complexity index is 822. The third-order valence-electron chi connectivity index (χ3n) is 4.30. The maximum absolute atomic E-state index is 12.1. The number of carbonyl (C=O) groups is 1. The third-order valence-corrected chi connectivity index (χ3v) is 4.30. The van der Waals surface area contributed by atoms with Gasteiger partial charge < -0.3 is 19.5 Å². The van der Waals surface area contributed by atoms with E-state index in [-0.39, 0.29) is 5.91 Å². The van der Waals surface area contributed by atoms with Crippen LogP contribution in [-0.2, 0) is 11.3 Å². The van der Waals surface area contributed by atoms with Gasteiger partial charge in [0.05, 0.1) is 33.6 Å². The topological polar surface area (TPSA) is 82.6 Å². The molecule has 7 nitrogen and oxygen atoms in total. The minimum Gasteiger partial charge on any atom is -0.493 e. The molecule has 0 aliphatic heterocycles. The second-order valence-corrected chi connectivity index (χ2v) is 6.22. The molecule has 1 amide bonds. The maximum Gasteiger partial charge on any atom is 0.244 e. The lowest BCUT2D eigenvalue weighted by Crippen LogP contribution is -2.21. The van der Waals surface area contributed by atoms with Gasteiger partial charge >= 0.3 is 0 Å². The fraction of sp³-hybridized carbons (Fsp3) is 0.350. The lowest BCUT2D eigenvalue weighted by atomic mass is 10.1. The van der Waals surface area contributed by atoms with E-state index in [1.165, 1.54) is 18.9 Å². The van der Waals surface area contributed by atoms with Gasteiger partial charge in [-0.15, -0.1) is 0 Å². The van der Waals surface area contributed by atoms with Crippen LogP contribution in [0.5, 0.6) is 17.2 Å². The van der Waals surface area contributed by atoms with Crippen LogP contribution in [0.1, 0.15) is 35.7 Å². The molecule has 3 rings (SSSR count). The van der Waals surface area contributed by atoms with Crippen molar-refractivity contribution >= 4 is 12.0 Å². The molecule has 2 aromatic rings. The molecule has 1 fully saturated rings. The number of nitrogens with zero attached hydrogens (tertiary/aromatic N) is 2. The summed E-state index contributed by atoms with van der Waals surface area (Å²) in [7, 11) is 4.65. The van der Waals surface area contributed by atoms with E-state index in [0.717, 1.165) is 17.0 Å². The summed E-state index contributed by atoms with van der Waals surface area (Å²) in [6.45, 7) is 0.362. The molecule has 0 unspecified atom stereocenters. The number of aromatic nitrogens is 2. The highest BCUT2D eigenvalue weighted by atomic mass is 16.5. The zero-order valence-corrected chi connectivity index (χ0v) is 15.7. The molecule has 0 saturated heterocycles. The van der Waals surface area contributed by atoms with Crippen molar-refractivity contribution in [3.63, 3.8) is 0 Å². The minimum absolute atomic E-state index is 0.213. The first-order chi connectivity index (χ1) is 13.1. The molecule has 1 aliphatic rings. The van der Waals surface area contributed by atoms with E-state index in [1.54, 1.807) is 45.9 Å². The number of hydrogen-bond acceptors (Lipinski definition) is 6. The standard InChI is InChI=1S/C20H23N3O4/c1-25-17-8-13(9-18(26-2)20(17)27-3)4-7-19(24)21-11-15-10-16(14-5-6-14)23-12-22-15/h4,7-10,12,14H,5-6,11H2,1-3H3,(H,21,24)/b7-4+. The van der Waals surface area contributed by atoms with Gasteiger partial charge in [0.25, 0.3) is 0 Å². The molecule has 0 spiro atoms. The van der Waals surface area contributed by atoms with Crippen LogP contribution in [0.4, 0.5) is 0 Å². The summed E-state index contributed by atoms with van der Waals surface area (Å²) in [5, 5.41) is 2.83. The number of carbonyl (C=O) groups excluding carboxylic acids is 1. The van der Waals surface area contributed by atoms with Gasteiger partial charge in [-0.25, -0.2) is 9.97 Å². The van der Waals surface area contributed by atoms with E-state index in [4.69, 9.17) is 14.2 Å². The maximum atomic E-state index is 12.1. The fourth-order valence-corrected chi connectivity index (χ4v) is 2.72. The predicted molar refractivity (Wildman–Crippen MR) is 101 cm³/mol. The van der Waals surface area contributed by atoms with Gasteiger partial charge in [0.2, 0.25) is 11.7 Å². The highest BCUT2D eigenvalue weighted by Gasteiger charge is 2.25. The molecular weight excluding hydrogens is 346 g/mol. The van der Waals surface area contributed by atoms with Gasteiger partial charge in [0.1, 0.15) is 6.33 Å². The van der Waals surface area contributed by atoms with Crippen LogP contribution >= 0.6 is 0 Å². The summed E-state index contributed by atoms with van der Waals surface area (Å²) in [6, 6.07) is 5.51. The molecule has 142 valence electrons. The Morgan fingerprint density at radius 2 is 1.81 bits per heavy atom. The highest BCUT2D eigenvalue weighted by Crippen LogP contribution is 2.39. The number of rotatable bonds is 8. The van der Waals surface area contributed by atoms with Gasteiger partial charge in [-0.2, -0.15) is 0 Å². The van der Waals surface area contributed by atoms with Crippen molar-refractivity contribution in [2.24, 2.45) is 0 Å². The molecule has 1 saturated carbocycles. The molecule has 1 aromatic carbocycles. The van der Waals surface area contributed by atoms with Crippen LogP contribution in [-0.4, -0.2) is 37.2 Å². The molecule has 0 bridgehead atoms. The average Bonchev–Trinajstić information content (AvgIpc) is 3.55. The summed E-state index contributed by atoms with van der Waals surface area (Å²) in [5.41, 5.74) is 2.63. The SMILES string of the molecule is COc1cc(/C=C/C(=O)NCc2cc(C3CC3)ncn2)cc(OC)c1OC. The second-order valence-electron chi connectivity index (χ2n) is 6.22. The molecule has 1 N–H and O–H groups in total. The van der Waals surface area contributed by atoms with E-state index >= 15 is 0 Å². The Hall–Kier alpha value is -3.09. The summed E-state index contributed by atoms with van der Waals surface area (Å²) in [4.78, 5) is 20.6. The van der Waals surface area contributed by atoms with Crippen molar-refractivity contribution in [1.29, 1.82) is 0 Å². The summed E-state index contributed by atoms with van der Waals surface area (Å²) < 4.78 is 15.9. The van der Waals surface area contributed by atoms with Crippen molar-refractivity contribution in [2.45, 2.75) is 25.3 Å². The van der Waals surface area contributed by atoms with Crippen LogP contribution in [0.2, 0.25) is 0 Å². The molecule has 1 aromatic heterocycles. The third kappa shape index (κ3) is 4.75. The van der Waals surface area contributed by atoms with Crippen molar-refractivity contribution in [1.82, 2.24) is 15.3 Å². The molecule has 0 atom stereocenters. The number of hydrogen-bond donors (Lipinski definition) is 1. The number of nitrogens with one attached hydrogen (secondary N) is 1. The zero-order chi connectivity index (χ0) is 19.2. The number of amides is 1. The average molecular weight is 369 g/mol. The monoisotopic (exact) mass is 369 g/mol. The van der Waals surface area contributed by atoms with Gasteiger partial charge in [-0.05, 0) is 42.7 Å². The molecule has 1 aliphatic carbocycles. The Kier molecular flexibility index (Phi) is 5.90. The van der Waals surface area contributed by atoms with Crippen molar-refractivity contribution < 1.29 is 19.0 Å². The van der Waals surface area contributed by atoms with Gasteiger partial charge in [-0.1, -0.05) is 0 Å². The molecule has 7 heteroatoms.